The van der Waals surface area contributed by atoms with Gasteiger partial charge in [-0.3, -0.25) is 9.69 Å². The van der Waals surface area contributed by atoms with E-state index in [-0.39, 0.29) is 18.6 Å². The molecule has 2 atom stereocenters. The van der Waals surface area contributed by atoms with Gasteiger partial charge in [-0.05, 0) is 32.0 Å². The Morgan fingerprint density at radius 3 is 2.91 bits per heavy atom. The van der Waals surface area contributed by atoms with Gasteiger partial charge in [0, 0.05) is 20.2 Å². The second kappa shape index (κ2) is 7.92. The zero-order valence-electron chi connectivity index (χ0n) is 13.0. The molecule has 0 aromatic heterocycles. The van der Waals surface area contributed by atoms with Crippen molar-refractivity contribution in [2.45, 2.75) is 25.0 Å². The van der Waals surface area contributed by atoms with E-state index in [1.54, 1.807) is 18.1 Å². The molecule has 0 radical (unpaired) electrons. The van der Waals surface area contributed by atoms with E-state index in [0.29, 0.717) is 18.1 Å². The van der Waals surface area contributed by atoms with Crippen molar-refractivity contribution in [3.63, 3.8) is 0 Å². The van der Waals surface area contributed by atoms with Crippen molar-refractivity contribution >= 4 is 23.2 Å². The Hall–Kier alpha value is -1.14. The standard InChI is InChI=1S/C16H23ClN2O3/c1-18(10-12(20)11-22-2)15-8-5-9-19(16(15)21)14-7-4-3-6-13(14)17/h3-4,6-7,12,15,20H,5,8-11H2,1-2H3/t12-,15-/m1/s1. The number of piperidine rings is 1. The molecule has 122 valence electrons. The van der Waals surface area contributed by atoms with Crippen LogP contribution in [0.5, 0.6) is 0 Å². The zero-order valence-corrected chi connectivity index (χ0v) is 13.8. The molecule has 0 bridgehead atoms. The number of carbonyl (C=O) groups excluding carboxylic acids is 1. The predicted octanol–water partition coefficient (Wildman–Crippen LogP) is 1.77. The summed E-state index contributed by atoms with van der Waals surface area (Å²) in [6.45, 7) is 1.34. The van der Waals surface area contributed by atoms with Gasteiger partial charge in [-0.1, -0.05) is 23.7 Å². The van der Waals surface area contributed by atoms with Crippen molar-refractivity contribution in [3.05, 3.63) is 29.3 Å². The third kappa shape index (κ3) is 3.98. The molecule has 1 aromatic rings. The van der Waals surface area contributed by atoms with E-state index < -0.39 is 6.10 Å². The van der Waals surface area contributed by atoms with Gasteiger partial charge < -0.3 is 14.7 Å². The lowest BCUT2D eigenvalue weighted by Crippen LogP contribution is -2.53. The fraction of sp³-hybridized carbons (Fsp3) is 0.562. The molecular weight excluding hydrogens is 304 g/mol. The molecule has 0 spiro atoms. The fourth-order valence-corrected chi connectivity index (χ4v) is 3.12. The van der Waals surface area contributed by atoms with Crippen LogP contribution < -0.4 is 4.90 Å². The summed E-state index contributed by atoms with van der Waals surface area (Å²) in [5, 5.41) is 10.4. The number of halogens is 1. The van der Waals surface area contributed by atoms with E-state index in [4.69, 9.17) is 16.3 Å². The summed E-state index contributed by atoms with van der Waals surface area (Å²) in [4.78, 5) is 16.4. The number of methoxy groups -OCH3 is 1. The maximum Gasteiger partial charge on any atom is 0.244 e. The Labute approximate surface area is 136 Å². The third-order valence-electron chi connectivity index (χ3n) is 3.94. The number of hydrogen-bond acceptors (Lipinski definition) is 4. The quantitative estimate of drug-likeness (QED) is 0.865. The molecule has 6 heteroatoms. The number of carbonyl (C=O) groups is 1. The molecule has 1 amide bonds. The van der Waals surface area contributed by atoms with E-state index in [1.165, 1.54) is 0 Å². The minimum absolute atomic E-state index is 0.0338. The maximum absolute atomic E-state index is 12.8. The maximum atomic E-state index is 12.8. The molecule has 1 fully saturated rings. The molecule has 2 rings (SSSR count). The monoisotopic (exact) mass is 326 g/mol. The van der Waals surface area contributed by atoms with Gasteiger partial charge in [0.15, 0.2) is 0 Å². The van der Waals surface area contributed by atoms with E-state index in [1.807, 2.05) is 30.1 Å². The van der Waals surface area contributed by atoms with Gasteiger partial charge in [-0.2, -0.15) is 0 Å². The zero-order chi connectivity index (χ0) is 16.1. The average molecular weight is 327 g/mol. The Bertz CT molecular complexity index is 512. The predicted molar refractivity (Wildman–Crippen MR) is 87.3 cm³/mol. The summed E-state index contributed by atoms with van der Waals surface area (Å²) in [6, 6.07) is 7.15. The van der Waals surface area contributed by atoms with Gasteiger partial charge in [-0.15, -0.1) is 0 Å². The van der Waals surface area contributed by atoms with E-state index in [2.05, 4.69) is 0 Å². The number of aliphatic hydroxyl groups excluding tert-OH is 1. The first-order chi connectivity index (χ1) is 10.5. The summed E-state index contributed by atoms with van der Waals surface area (Å²) in [5.41, 5.74) is 0.754. The van der Waals surface area contributed by atoms with Crippen LogP contribution in [-0.2, 0) is 9.53 Å². The second-order valence-corrected chi connectivity index (χ2v) is 6.06. The van der Waals surface area contributed by atoms with Crippen LogP contribution in [0, 0.1) is 0 Å². The highest BCUT2D eigenvalue weighted by molar-refractivity contribution is 6.33. The molecule has 1 heterocycles. The Morgan fingerprint density at radius 2 is 2.23 bits per heavy atom. The van der Waals surface area contributed by atoms with Crippen molar-refractivity contribution < 1.29 is 14.6 Å². The van der Waals surface area contributed by atoms with Crippen LogP contribution in [-0.4, -0.2) is 61.9 Å². The molecule has 0 aliphatic carbocycles. The fourth-order valence-electron chi connectivity index (χ4n) is 2.88. The van der Waals surface area contributed by atoms with E-state index in [9.17, 15) is 9.90 Å². The van der Waals surface area contributed by atoms with Crippen molar-refractivity contribution in [2.75, 3.05) is 38.8 Å². The molecule has 22 heavy (non-hydrogen) atoms. The lowest BCUT2D eigenvalue weighted by Gasteiger charge is -2.37. The normalized spacial score (nSPS) is 20.5. The number of rotatable bonds is 6. The van der Waals surface area contributed by atoms with Crippen molar-refractivity contribution in [2.24, 2.45) is 0 Å². The largest absolute Gasteiger partial charge is 0.389 e. The first kappa shape index (κ1) is 17.2. The van der Waals surface area contributed by atoms with Crippen LogP contribution in [0.3, 0.4) is 0 Å². The number of nitrogens with zero attached hydrogens (tertiary/aromatic N) is 2. The van der Waals surface area contributed by atoms with Gasteiger partial charge >= 0.3 is 0 Å². The van der Waals surface area contributed by atoms with Gasteiger partial charge in [0.25, 0.3) is 0 Å². The summed E-state index contributed by atoms with van der Waals surface area (Å²) in [7, 11) is 3.41. The van der Waals surface area contributed by atoms with Gasteiger partial charge in [0.1, 0.15) is 0 Å². The molecule has 1 aliphatic rings. The topological polar surface area (TPSA) is 53.0 Å². The molecule has 1 aliphatic heterocycles. The third-order valence-corrected chi connectivity index (χ3v) is 4.26. The van der Waals surface area contributed by atoms with Gasteiger partial charge in [0.2, 0.25) is 5.91 Å². The summed E-state index contributed by atoms with van der Waals surface area (Å²) >= 11 is 6.21. The number of amides is 1. The highest BCUT2D eigenvalue weighted by Gasteiger charge is 2.33. The highest BCUT2D eigenvalue weighted by Crippen LogP contribution is 2.29. The number of hydrogen-bond donors (Lipinski definition) is 1. The minimum Gasteiger partial charge on any atom is -0.389 e. The molecule has 1 saturated heterocycles. The number of benzene rings is 1. The average Bonchev–Trinajstić information content (AvgIpc) is 2.48. The van der Waals surface area contributed by atoms with Crippen LogP contribution in [0.1, 0.15) is 12.8 Å². The van der Waals surface area contributed by atoms with Crippen molar-refractivity contribution in [1.29, 1.82) is 0 Å². The second-order valence-electron chi connectivity index (χ2n) is 5.65. The van der Waals surface area contributed by atoms with Crippen LogP contribution in [0.2, 0.25) is 5.02 Å². The lowest BCUT2D eigenvalue weighted by atomic mass is 10.0. The van der Waals surface area contributed by atoms with Crippen LogP contribution in [0.4, 0.5) is 5.69 Å². The molecule has 5 nitrogen and oxygen atoms in total. The van der Waals surface area contributed by atoms with E-state index >= 15 is 0 Å². The number of para-hydroxylation sites is 1. The smallest absolute Gasteiger partial charge is 0.244 e. The highest BCUT2D eigenvalue weighted by atomic mass is 35.5. The SMILES string of the molecule is COC[C@H](O)CN(C)[C@@H]1CCCN(c2ccccc2Cl)C1=O. The molecular formula is C16H23ClN2O3. The summed E-state index contributed by atoms with van der Waals surface area (Å²) < 4.78 is 4.94. The Kier molecular flexibility index (Phi) is 6.20. The molecule has 1 aromatic carbocycles. The Morgan fingerprint density at radius 1 is 1.50 bits per heavy atom. The van der Waals surface area contributed by atoms with Gasteiger partial charge in [0.05, 0.1) is 29.5 Å². The summed E-state index contributed by atoms with van der Waals surface area (Å²) in [5.74, 6) is 0.0338. The minimum atomic E-state index is -0.599. The van der Waals surface area contributed by atoms with Crippen molar-refractivity contribution in [1.82, 2.24) is 4.90 Å². The number of ether oxygens (including phenoxy) is 1. The first-order valence-corrected chi connectivity index (χ1v) is 7.85. The van der Waals surface area contributed by atoms with Crippen LogP contribution >= 0.6 is 11.6 Å². The van der Waals surface area contributed by atoms with Crippen LogP contribution in [0.15, 0.2) is 24.3 Å². The number of likely N-dealkylation sites (N-methyl/N-ethyl adjacent to an activating group) is 1. The Balaban J connectivity index is 2.08. The number of aliphatic hydroxyl groups is 1. The first-order valence-electron chi connectivity index (χ1n) is 7.47. The summed E-state index contributed by atoms with van der Waals surface area (Å²) in [6.07, 6.45) is 1.10. The van der Waals surface area contributed by atoms with Crippen LogP contribution in [0.25, 0.3) is 0 Å². The molecule has 1 N–H and O–H groups in total. The molecule has 0 saturated carbocycles. The number of anilines is 1. The van der Waals surface area contributed by atoms with Gasteiger partial charge in [-0.25, -0.2) is 0 Å². The lowest BCUT2D eigenvalue weighted by molar-refractivity contribution is -0.125. The van der Waals surface area contributed by atoms with E-state index in [0.717, 1.165) is 18.5 Å². The molecule has 0 unspecified atom stereocenters. The van der Waals surface area contributed by atoms with Crippen molar-refractivity contribution in [3.8, 4) is 0 Å².